The molecule has 0 heterocycles. The lowest BCUT2D eigenvalue weighted by atomic mass is 10.1. The highest BCUT2D eigenvalue weighted by Gasteiger charge is 2.15. The molecule has 0 amide bonds. The second-order valence-corrected chi connectivity index (χ2v) is 3.79. The van der Waals surface area contributed by atoms with Crippen LogP contribution < -0.4 is 5.32 Å². The largest absolute Gasteiger partial charge is 0.468 e. The molecule has 1 aromatic rings. The summed E-state index contributed by atoms with van der Waals surface area (Å²) in [6, 6.07) is 7.92. The first-order chi connectivity index (χ1) is 7.69. The first-order valence-corrected chi connectivity index (χ1v) is 5.54. The monoisotopic (exact) mass is 221 g/mol. The number of benzene rings is 1. The molecule has 0 aliphatic carbocycles. The van der Waals surface area contributed by atoms with Crippen LogP contribution in [0, 0.1) is 6.92 Å². The van der Waals surface area contributed by atoms with Gasteiger partial charge in [-0.2, -0.15) is 0 Å². The zero-order valence-electron chi connectivity index (χ0n) is 10.1. The summed E-state index contributed by atoms with van der Waals surface area (Å²) in [5, 5.41) is 3.20. The zero-order chi connectivity index (χ0) is 12.0. The molecule has 1 rings (SSSR count). The zero-order valence-corrected chi connectivity index (χ0v) is 10.1. The van der Waals surface area contributed by atoms with Crippen LogP contribution in [0.15, 0.2) is 24.3 Å². The molecular formula is C13H19NO2. The number of carbonyl (C=O) groups is 1. The van der Waals surface area contributed by atoms with Gasteiger partial charge in [-0.05, 0) is 24.5 Å². The fraction of sp³-hybridized carbons (Fsp3) is 0.462. The topological polar surface area (TPSA) is 38.3 Å². The van der Waals surface area contributed by atoms with Gasteiger partial charge in [0.25, 0.3) is 0 Å². The molecule has 0 aliphatic heterocycles. The van der Waals surface area contributed by atoms with Crippen molar-refractivity contribution in [3.63, 3.8) is 0 Å². The van der Waals surface area contributed by atoms with E-state index < -0.39 is 0 Å². The van der Waals surface area contributed by atoms with Crippen molar-refractivity contribution in [1.82, 2.24) is 5.32 Å². The summed E-state index contributed by atoms with van der Waals surface area (Å²) in [6.07, 6.45) is 0.735. The molecule has 0 saturated carbocycles. The van der Waals surface area contributed by atoms with Gasteiger partial charge in [-0.15, -0.1) is 0 Å². The summed E-state index contributed by atoms with van der Waals surface area (Å²) in [4.78, 5) is 11.4. The van der Waals surface area contributed by atoms with Crippen LogP contribution in [-0.4, -0.2) is 19.1 Å². The van der Waals surface area contributed by atoms with E-state index in [0.717, 1.165) is 6.42 Å². The molecule has 0 aliphatic rings. The number of ether oxygens (including phenoxy) is 1. The number of hydrogen-bond acceptors (Lipinski definition) is 3. The highest BCUT2D eigenvalue weighted by atomic mass is 16.5. The fourth-order valence-electron chi connectivity index (χ4n) is 1.58. The molecule has 0 bridgehead atoms. The lowest BCUT2D eigenvalue weighted by molar-refractivity contribution is -0.143. The van der Waals surface area contributed by atoms with Gasteiger partial charge < -0.3 is 10.1 Å². The summed E-state index contributed by atoms with van der Waals surface area (Å²) in [5.41, 5.74) is 2.44. The van der Waals surface area contributed by atoms with Crippen LogP contribution >= 0.6 is 0 Å². The van der Waals surface area contributed by atoms with Crippen molar-refractivity contribution in [3.05, 3.63) is 35.4 Å². The summed E-state index contributed by atoms with van der Waals surface area (Å²) in [7, 11) is 1.42. The van der Waals surface area contributed by atoms with E-state index in [1.165, 1.54) is 18.2 Å². The Labute approximate surface area is 96.8 Å². The van der Waals surface area contributed by atoms with Gasteiger partial charge in [0.2, 0.25) is 0 Å². The van der Waals surface area contributed by atoms with Crippen LogP contribution in [0.1, 0.15) is 24.5 Å². The molecule has 0 radical (unpaired) electrons. The van der Waals surface area contributed by atoms with Crippen molar-refractivity contribution >= 4 is 5.97 Å². The molecule has 1 N–H and O–H groups in total. The molecule has 1 aromatic carbocycles. The minimum absolute atomic E-state index is 0.198. The molecule has 0 spiro atoms. The fourth-order valence-corrected chi connectivity index (χ4v) is 1.58. The number of hydrogen-bond donors (Lipinski definition) is 1. The minimum atomic E-state index is -0.218. The Hall–Kier alpha value is -1.35. The number of aryl methyl sites for hydroxylation is 1. The minimum Gasteiger partial charge on any atom is -0.468 e. The summed E-state index contributed by atoms with van der Waals surface area (Å²) >= 11 is 0. The van der Waals surface area contributed by atoms with Crippen molar-refractivity contribution in [1.29, 1.82) is 0 Å². The van der Waals surface area contributed by atoms with Gasteiger partial charge in [-0.1, -0.05) is 31.2 Å². The Balaban J connectivity index is 2.56. The third-order valence-electron chi connectivity index (χ3n) is 2.69. The number of nitrogens with one attached hydrogen (secondary N) is 1. The first-order valence-electron chi connectivity index (χ1n) is 5.54. The van der Waals surface area contributed by atoms with Gasteiger partial charge >= 0.3 is 5.97 Å². The molecule has 1 unspecified atom stereocenters. The average Bonchev–Trinajstić information content (AvgIpc) is 2.31. The van der Waals surface area contributed by atoms with Crippen molar-refractivity contribution in [2.45, 2.75) is 32.9 Å². The summed E-state index contributed by atoms with van der Waals surface area (Å²) < 4.78 is 4.72. The predicted molar refractivity (Wildman–Crippen MR) is 64.1 cm³/mol. The van der Waals surface area contributed by atoms with Crippen LogP contribution in [0.3, 0.4) is 0 Å². The predicted octanol–water partition coefficient (Wildman–Crippen LogP) is 2.04. The maximum Gasteiger partial charge on any atom is 0.322 e. The highest BCUT2D eigenvalue weighted by molar-refractivity contribution is 5.75. The van der Waals surface area contributed by atoms with Crippen LogP contribution in [0.25, 0.3) is 0 Å². The summed E-state index contributed by atoms with van der Waals surface area (Å²) in [5.74, 6) is -0.198. The SMILES string of the molecule is CCC(NCc1ccccc1C)C(=O)OC. The lowest BCUT2D eigenvalue weighted by Gasteiger charge is -2.15. The van der Waals surface area contributed by atoms with Gasteiger partial charge in [0.05, 0.1) is 7.11 Å². The van der Waals surface area contributed by atoms with Crippen LogP contribution in [0.4, 0.5) is 0 Å². The molecule has 0 saturated heterocycles. The van der Waals surface area contributed by atoms with E-state index in [1.54, 1.807) is 0 Å². The number of methoxy groups -OCH3 is 1. The Kier molecular flexibility index (Phi) is 4.99. The lowest BCUT2D eigenvalue weighted by Crippen LogP contribution is -2.36. The van der Waals surface area contributed by atoms with Crippen molar-refractivity contribution < 1.29 is 9.53 Å². The van der Waals surface area contributed by atoms with Crippen molar-refractivity contribution in [2.75, 3.05) is 7.11 Å². The molecule has 1 atom stereocenters. The second-order valence-electron chi connectivity index (χ2n) is 3.79. The maximum absolute atomic E-state index is 11.4. The van der Waals surface area contributed by atoms with E-state index in [-0.39, 0.29) is 12.0 Å². The van der Waals surface area contributed by atoms with Gasteiger partial charge in [-0.3, -0.25) is 4.79 Å². The Bertz CT molecular complexity index is 350. The first kappa shape index (κ1) is 12.7. The van der Waals surface area contributed by atoms with E-state index in [2.05, 4.69) is 24.4 Å². The third kappa shape index (κ3) is 3.35. The van der Waals surface area contributed by atoms with Crippen LogP contribution in [-0.2, 0) is 16.1 Å². The van der Waals surface area contributed by atoms with E-state index in [1.807, 2.05) is 19.1 Å². The smallest absolute Gasteiger partial charge is 0.322 e. The average molecular weight is 221 g/mol. The van der Waals surface area contributed by atoms with Gasteiger partial charge in [-0.25, -0.2) is 0 Å². The van der Waals surface area contributed by atoms with Gasteiger partial charge in [0.1, 0.15) is 6.04 Å². The van der Waals surface area contributed by atoms with Gasteiger partial charge in [0, 0.05) is 6.54 Å². The quantitative estimate of drug-likeness (QED) is 0.773. The summed E-state index contributed by atoms with van der Waals surface area (Å²) in [6.45, 7) is 4.73. The number of carbonyl (C=O) groups excluding carboxylic acids is 1. The van der Waals surface area contributed by atoms with Crippen molar-refractivity contribution in [2.24, 2.45) is 0 Å². The number of esters is 1. The Morgan fingerprint density at radius 3 is 2.69 bits per heavy atom. The molecule has 3 heteroatoms. The van der Waals surface area contributed by atoms with Gasteiger partial charge in [0.15, 0.2) is 0 Å². The van der Waals surface area contributed by atoms with Crippen molar-refractivity contribution in [3.8, 4) is 0 Å². The highest BCUT2D eigenvalue weighted by Crippen LogP contribution is 2.07. The molecular weight excluding hydrogens is 202 g/mol. The van der Waals surface area contributed by atoms with E-state index in [9.17, 15) is 4.79 Å². The molecule has 3 nitrogen and oxygen atoms in total. The Morgan fingerprint density at radius 2 is 2.12 bits per heavy atom. The maximum atomic E-state index is 11.4. The van der Waals surface area contributed by atoms with Crippen LogP contribution in [0.2, 0.25) is 0 Å². The second kappa shape index (κ2) is 6.28. The standard InChI is InChI=1S/C13H19NO2/c1-4-12(13(15)16-3)14-9-11-8-6-5-7-10(11)2/h5-8,12,14H,4,9H2,1-3H3. The number of rotatable bonds is 5. The van der Waals surface area contributed by atoms with E-state index in [0.29, 0.717) is 6.54 Å². The molecule has 16 heavy (non-hydrogen) atoms. The normalized spacial score (nSPS) is 12.2. The molecule has 0 fully saturated rings. The van der Waals surface area contributed by atoms with Crippen LogP contribution in [0.5, 0.6) is 0 Å². The molecule has 88 valence electrons. The third-order valence-corrected chi connectivity index (χ3v) is 2.69. The molecule has 0 aromatic heterocycles. The van der Waals surface area contributed by atoms with E-state index >= 15 is 0 Å². The van der Waals surface area contributed by atoms with E-state index in [4.69, 9.17) is 4.74 Å². The Morgan fingerprint density at radius 1 is 1.44 bits per heavy atom.